The first-order valence-electron chi connectivity index (χ1n) is 9.07. The summed E-state index contributed by atoms with van der Waals surface area (Å²) >= 11 is 0. The van der Waals surface area contributed by atoms with Crippen LogP contribution in [0.25, 0.3) is 11.2 Å². The molecule has 1 saturated heterocycles. The summed E-state index contributed by atoms with van der Waals surface area (Å²) in [4.78, 5) is 33.9. The molecule has 0 unspecified atom stereocenters. The number of fused-ring (bicyclic) bond motifs is 1. The largest absolute Gasteiger partial charge is 0.379 e. The van der Waals surface area contributed by atoms with Gasteiger partial charge in [0.1, 0.15) is 5.82 Å². The Balaban J connectivity index is 1.84. The lowest BCUT2D eigenvalue weighted by Gasteiger charge is -2.26. The molecule has 1 N–H and O–H groups in total. The van der Waals surface area contributed by atoms with Crippen LogP contribution in [0.1, 0.15) is 17.0 Å². The van der Waals surface area contributed by atoms with E-state index in [2.05, 4.69) is 20.9 Å². The predicted molar refractivity (Wildman–Crippen MR) is 102 cm³/mol. The van der Waals surface area contributed by atoms with E-state index in [0.29, 0.717) is 37.5 Å². The molecular formula is C19H23N5O3. The zero-order chi connectivity index (χ0) is 19.0. The van der Waals surface area contributed by atoms with Gasteiger partial charge in [0.2, 0.25) is 0 Å². The third kappa shape index (κ3) is 3.45. The molecule has 8 nitrogen and oxygen atoms in total. The summed E-state index contributed by atoms with van der Waals surface area (Å²) < 4.78 is 8.74. The van der Waals surface area contributed by atoms with Crippen LogP contribution in [0.2, 0.25) is 0 Å². The lowest BCUT2D eigenvalue weighted by molar-refractivity contribution is 0.0327. The molecule has 1 aromatic carbocycles. The van der Waals surface area contributed by atoms with Gasteiger partial charge in [-0.2, -0.15) is 0 Å². The number of morpholine rings is 1. The van der Waals surface area contributed by atoms with E-state index in [4.69, 9.17) is 4.74 Å². The molecule has 8 heteroatoms. The normalized spacial score (nSPS) is 15.5. The number of hydrogen-bond donors (Lipinski definition) is 1. The first kappa shape index (κ1) is 17.7. The summed E-state index contributed by atoms with van der Waals surface area (Å²) in [6, 6.07) is 8.18. The Morgan fingerprint density at radius 1 is 1.19 bits per heavy atom. The van der Waals surface area contributed by atoms with E-state index in [-0.39, 0.29) is 0 Å². The molecule has 1 aliphatic rings. The van der Waals surface area contributed by atoms with Crippen LogP contribution in [-0.4, -0.2) is 50.3 Å². The second-order valence-electron chi connectivity index (χ2n) is 6.98. The van der Waals surface area contributed by atoms with Crippen LogP contribution in [0.5, 0.6) is 0 Å². The van der Waals surface area contributed by atoms with Crippen molar-refractivity contribution in [1.82, 2.24) is 24.0 Å². The number of aromatic nitrogens is 4. The van der Waals surface area contributed by atoms with Gasteiger partial charge in [0.05, 0.1) is 19.8 Å². The Kier molecular flexibility index (Phi) is 4.67. The van der Waals surface area contributed by atoms with E-state index in [9.17, 15) is 9.59 Å². The quantitative estimate of drug-likeness (QED) is 0.728. The molecule has 0 saturated carbocycles. The first-order chi connectivity index (χ1) is 13.0. The Labute approximate surface area is 156 Å². The molecule has 27 heavy (non-hydrogen) atoms. The number of hydrogen-bond acceptors (Lipinski definition) is 5. The highest BCUT2D eigenvalue weighted by Gasteiger charge is 2.20. The van der Waals surface area contributed by atoms with E-state index in [1.165, 1.54) is 4.57 Å². The number of nitrogens with one attached hydrogen (secondary N) is 1. The van der Waals surface area contributed by atoms with Gasteiger partial charge in [-0.25, -0.2) is 9.78 Å². The maximum atomic E-state index is 12.6. The van der Waals surface area contributed by atoms with Gasteiger partial charge in [-0.15, -0.1) is 0 Å². The van der Waals surface area contributed by atoms with Crippen LogP contribution in [-0.2, 0) is 24.9 Å². The van der Waals surface area contributed by atoms with E-state index >= 15 is 0 Å². The fraction of sp³-hybridized carbons (Fsp3) is 0.421. The number of benzene rings is 1. The van der Waals surface area contributed by atoms with Gasteiger partial charge in [0.25, 0.3) is 5.56 Å². The van der Waals surface area contributed by atoms with Gasteiger partial charge in [-0.1, -0.05) is 29.8 Å². The maximum Gasteiger partial charge on any atom is 0.329 e. The topological polar surface area (TPSA) is 85.2 Å². The number of H-pyrrole nitrogens is 1. The van der Waals surface area contributed by atoms with E-state index in [1.807, 2.05) is 29.7 Å². The Morgan fingerprint density at radius 2 is 1.96 bits per heavy atom. The van der Waals surface area contributed by atoms with Crippen LogP contribution in [0.15, 0.2) is 33.9 Å². The second-order valence-corrected chi connectivity index (χ2v) is 6.98. The van der Waals surface area contributed by atoms with Crippen molar-refractivity contribution in [2.75, 3.05) is 26.3 Å². The van der Waals surface area contributed by atoms with Crippen molar-refractivity contribution in [3.8, 4) is 0 Å². The standard InChI is InChI=1S/C19H23N5O3/c1-13-4-3-5-14(10-13)11-24-15(12-23-6-8-27-9-7-23)20-17-16(24)18(25)21-19(26)22(17)2/h3-5,10H,6-9,11-12H2,1-2H3,(H,21,25,26). The van der Waals surface area contributed by atoms with E-state index in [1.54, 1.807) is 7.05 Å². The molecule has 0 amide bonds. The maximum absolute atomic E-state index is 12.6. The molecule has 4 rings (SSSR count). The van der Waals surface area contributed by atoms with Gasteiger partial charge < -0.3 is 9.30 Å². The number of imidazole rings is 1. The average Bonchev–Trinajstić information content (AvgIpc) is 2.99. The van der Waals surface area contributed by atoms with Crippen LogP contribution in [0, 0.1) is 6.92 Å². The average molecular weight is 369 g/mol. The van der Waals surface area contributed by atoms with Crippen LogP contribution < -0.4 is 11.2 Å². The van der Waals surface area contributed by atoms with Gasteiger partial charge in [-0.05, 0) is 12.5 Å². The fourth-order valence-corrected chi connectivity index (χ4v) is 3.52. The van der Waals surface area contributed by atoms with E-state index in [0.717, 1.165) is 30.0 Å². The Hall–Kier alpha value is -2.71. The zero-order valence-corrected chi connectivity index (χ0v) is 15.6. The van der Waals surface area contributed by atoms with E-state index < -0.39 is 11.2 Å². The number of aryl methyl sites for hydroxylation is 2. The molecule has 3 aromatic rings. The van der Waals surface area contributed by atoms with Gasteiger partial charge in [0, 0.05) is 26.7 Å². The summed E-state index contributed by atoms with van der Waals surface area (Å²) in [5.74, 6) is 0.778. The van der Waals surface area contributed by atoms with Crippen LogP contribution >= 0.6 is 0 Å². The monoisotopic (exact) mass is 369 g/mol. The van der Waals surface area contributed by atoms with Crippen LogP contribution in [0.3, 0.4) is 0 Å². The summed E-state index contributed by atoms with van der Waals surface area (Å²) in [5, 5.41) is 0. The minimum Gasteiger partial charge on any atom is -0.379 e. The third-order valence-corrected chi connectivity index (χ3v) is 4.98. The highest BCUT2D eigenvalue weighted by molar-refractivity contribution is 5.71. The lowest BCUT2D eigenvalue weighted by Crippen LogP contribution is -2.36. The highest BCUT2D eigenvalue weighted by atomic mass is 16.5. The summed E-state index contributed by atoms with van der Waals surface area (Å²) in [7, 11) is 1.63. The smallest absolute Gasteiger partial charge is 0.329 e. The van der Waals surface area contributed by atoms with Crippen molar-refractivity contribution in [3.05, 3.63) is 62.1 Å². The molecule has 2 aromatic heterocycles. The molecule has 0 aliphatic carbocycles. The molecule has 3 heterocycles. The Morgan fingerprint density at radius 3 is 2.70 bits per heavy atom. The number of nitrogens with zero attached hydrogens (tertiary/aromatic N) is 4. The minimum absolute atomic E-state index is 0.401. The number of ether oxygens (including phenoxy) is 1. The molecular weight excluding hydrogens is 346 g/mol. The molecule has 0 radical (unpaired) electrons. The molecule has 142 valence electrons. The zero-order valence-electron chi connectivity index (χ0n) is 15.6. The third-order valence-electron chi connectivity index (χ3n) is 4.98. The van der Waals surface area contributed by atoms with Crippen molar-refractivity contribution in [2.45, 2.75) is 20.0 Å². The molecule has 0 atom stereocenters. The lowest BCUT2D eigenvalue weighted by atomic mass is 10.1. The van der Waals surface area contributed by atoms with Crippen LogP contribution in [0.4, 0.5) is 0 Å². The van der Waals surface area contributed by atoms with Crippen molar-refractivity contribution in [3.63, 3.8) is 0 Å². The SMILES string of the molecule is Cc1cccc(Cn2c(CN3CCOCC3)nc3c2c(=O)[nH]c(=O)n3C)c1. The molecule has 1 aliphatic heterocycles. The van der Waals surface area contributed by atoms with Gasteiger partial charge in [-0.3, -0.25) is 19.2 Å². The van der Waals surface area contributed by atoms with Crippen molar-refractivity contribution in [2.24, 2.45) is 7.05 Å². The predicted octanol–water partition coefficient (Wildman–Crippen LogP) is 0.612. The fourth-order valence-electron chi connectivity index (χ4n) is 3.52. The van der Waals surface area contributed by atoms with Gasteiger partial charge >= 0.3 is 5.69 Å². The number of rotatable bonds is 4. The molecule has 0 spiro atoms. The summed E-state index contributed by atoms with van der Waals surface area (Å²) in [5.41, 5.74) is 2.24. The number of aromatic amines is 1. The van der Waals surface area contributed by atoms with Crippen molar-refractivity contribution >= 4 is 11.2 Å². The highest BCUT2D eigenvalue weighted by Crippen LogP contribution is 2.17. The van der Waals surface area contributed by atoms with Crippen molar-refractivity contribution < 1.29 is 4.74 Å². The molecule has 0 bridgehead atoms. The van der Waals surface area contributed by atoms with Gasteiger partial charge in [0.15, 0.2) is 11.2 Å². The van der Waals surface area contributed by atoms with Crippen molar-refractivity contribution in [1.29, 1.82) is 0 Å². The summed E-state index contributed by atoms with van der Waals surface area (Å²) in [6.45, 7) is 6.21. The minimum atomic E-state index is -0.453. The summed E-state index contributed by atoms with van der Waals surface area (Å²) in [6.07, 6.45) is 0. The first-order valence-corrected chi connectivity index (χ1v) is 9.07. The second kappa shape index (κ2) is 7.13. The Bertz CT molecular complexity index is 1090. The molecule has 1 fully saturated rings.